The number of hydrogen-bond acceptors (Lipinski definition) is 6. The van der Waals surface area contributed by atoms with Crippen LogP contribution in [0.15, 0.2) is 134 Å². The molecule has 78 heavy (non-hydrogen) atoms. The molecule has 0 aromatic heterocycles. The zero-order valence-electron chi connectivity index (χ0n) is 50.6. The van der Waals surface area contributed by atoms with Crippen LogP contribution >= 0.6 is 0 Å². The van der Waals surface area contributed by atoms with E-state index in [4.69, 9.17) is 14.2 Å². The summed E-state index contributed by atoms with van der Waals surface area (Å²) in [6, 6.07) is 0. The Bertz CT molecular complexity index is 1670. The number of carbonyl (C=O) groups excluding carboxylic acids is 3. The van der Waals surface area contributed by atoms with Crippen molar-refractivity contribution in [3.8, 4) is 0 Å². The highest BCUT2D eigenvalue weighted by molar-refractivity contribution is 5.72. The summed E-state index contributed by atoms with van der Waals surface area (Å²) in [7, 11) is 0. The van der Waals surface area contributed by atoms with Gasteiger partial charge in [-0.2, -0.15) is 0 Å². The minimum absolute atomic E-state index is 0.0959. The van der Waals surface area contributed by atoms with Crippen LogP contribution in [0.5, 0.6) is 0 Å². The minimum atomic E-state index is -0.832. The van der Waals surface area contributed by atoms with Gasteiger partial charge < -0.3 is 14.2 Å². The van der Waals surface area contributed by atoms with Crippen molar-refractivity contribution >= 4 is 17.9 Å². The third kappa shape index (κ3) is 62.4. The highest BCUT2D eigenvalue weighted by atomic mass is 16.6. The van der Waals surface area contributed by atoms with Crippen molar-refractivity contribution in [2.45, 2.75) is 290 Å². The van der Waals surface area contributed by atoms with E-state index in [1.807, 2.05) is 6.08 Å². The normalized spacial score (nSPS) is 13.0. The van der Waals surface area contributed by atoms with E-state index in [1.165, 1.54) is 135 Å². The smallest absolute Gasteiger partial charge is 0.310 e. The van der Waals surface area contributed by atoms with E-state index < -0.39 is 12.1 Å². The Hall–Kier alpha value is -4.45. The Kier molecular flexibility index (Phi) is 61.4. The Balaban J connectivity index is 4.15. The predicted octanol–water partition coefficient (Wildman–Crippen LogP) is 22.2. The maximum Gasteiger partial charge on any atom is 0.310 e. The molecule has 0 heterocycles. The van der Waals surface area contributed by atoms with E-state index in [0.717, 1.165) is 109 Å². The Morgan fingerprint density at radius 2 is 0.538 bits per heavy atom. The quantitative estimate of drug-likeness (QED) is 0.0261. The van der Waals surface area contributed by atoms with Crippen LogP contribution < -0.4 is 0 Å². The summed E-state index contributed by atoms with van der Waals surface area (Å²) >= 11 is 0. The van der Waals surface area contributed by atoms with E-state index in [1.54, 1.807) is 6.08 Å². The van der Waals surface area contributed by atoms with Gasteiger partial charge in [0, 0.05) is 12.8 Å². The fourth-order valence-corrected chi connectivity index (χ4v) is 8.70. The Morgan fingerprint density at radius 1 is 0.282 bits per heavy atom. The molecule has 6 heteroatoms. The average molecular weight is 1080 g/mol. The lowest BCUT2D eigenvalue weighted by molar-refractivity contribution is -0.166. The fourth-order valence-electron chi connectivity index (χ4n) is 8.70. The van der Waals surface area contributed by atoms with Gasteiger partial charge in [-0.1, -0.05) is 302 Å². The molecule has 0 aromatic rings. The molecule has 0 aromatic carbocycles. The molecule has 0 bridgehead atoms. The predicted molar refractivity (Wildman–Crippen MR) is 339 cm³/mol. The Labute approximate surface area is 481 Å². The van der Waals surface area contributed by atoms with E-state index in [2.05, 4.69) is 142 Å². The van der Waals surface area contributed by atoms with Crippen molar-refractivity contribution in [1.82, 2.24) is 0 Å². The molecule has 1 unspecified atom stereocenters. The van der Waals surface area contributed by atoms with Crippen molar-refractivity contribution < 1.29 is 28.6 Å². The number of allylic oxidation sites excluding steroid dienone is 21. The Morgan fingerprint density at radius 3 is 0.846 bits per heavy atom. The van der Waals surface area contributed by atoms with Gasteiger partial charge in [0.15, 0.2) is 6.10 Å². The first-order valence-corrected chi connectivity index (χ1v) is 32.2. The van der Waals surface area contributed by atoms with Crippen LogP contribution in [0.25, 0.3) is 0 Å². The standard InChI is InChI=1S/C72H118O6/c1-4-7-10-13-16-19-22-24-26-27-28-29-30-31-32-33-34-35-36-37-38-39-40-41-42-43-44-45-47-48-50-53-56-59-62-65-71(74)77-68-69(67-76-70(73)64-61-58-55-52-21-18-15-12-9-6-3)78-72(75)66-63-60-57-54-51-49-46-25-23-20-17-14-11-8-5-2/h7-8,10-11,16-17,19-20,24-26,28-29,31-32,34-35,46,51,54,60,63,69H,4-6,9,12-15,18,21-23,27,30,33,36-45,47-50,52-53,55-59,61-62,64-68H2,1-3H3/b10-7-,11-8-,19-16-,20-17-,26-24-,29-28-,32-31-,35-34-,46-25-,54-51-,63-60-. The molecule has 0 aliphatic carbocycles. The molecule has 6 nitrogen and oxygen atoms in total. The molecule has 0 aliphatic rings. The maximum atomic E-state index is 12.8. The van der Waals surface area contributed by atoms with Gasteiger partial charge in [0.25, 0.3) is 0 Å². The molecule has 0 spiro atoms. The van der Waals surface area contributed by atoms with Crippen LogP contribution in [-0.4, -0.2) is 37.2 Å². The van der Waals surface area contributed by atoms with E-state index >= 15 is 0 Å². The zero-order chi connectivity index (χ0) is 56.4. The zero-order valence-corrected chi connectivity index (χ0v) is 50.6. The highest BCUT2D eigenvalue weighted by Crippen LogP contribution is 2.16. The monoisotopic (exact) mass is 1080 g/mol. The first-order chi connectivity index (χ1) is 38.5. The minimum Gasteiger partial charge on any atom is -0.462 e. The van der Waals surface area contributed by atoms with Gasteiger partial charge in [-0.05, 0) is 96.3 Å². The fraction of sp³-hybridized carbons (Fsp3) is 0.653. The number of rotatable bonds is 57. The summed E-state index contributed by atoms with van der Waals surface area (Å²) in [6.45, 7) is 6.32. The van der Waals surface area contributed by atoms with Gasteiger partial charge >= 0.3 is 17.9 Å². The topological polar surface area (TPSA) is 78.9 Å². The first kappa shape index (κ1) is 73.5. The lowest BCUT2D eigenvalue weighted by Gasteiger charge is -2.18. The third-order valence-corrected chi connectivity index (χ3v) is 13.4. The number of carbonyl (C=O) groups is 3. The molecule has 442 valence electrons. The molecule has 0 saturated carbocycles. The van der Waals surface area contributed by atoms with Gasteiger partial charge in [-0.25, -0.2) is 0 Å². The van der Waals surface area contributed by atoms with Crippen molar-refractivity contribution in [1.29, 1.82) is 0 Å². The summed E-state index contributed by atoms with van der Waals surface area (Å²) < 4.78 is 16.7. The molecule has 0 fully saturated rings. The van der Waals surface area contributed by atoms with Gasteiger partial charge in [0.1, 0.15) is 13.2 Å². The lowest BCUT2D eigenvalue weighted by Crippen LogP contribution is -2.30. The lowest BCUT2D eigenvalue weighted by atomic mass is 10.0. The molecule has 0 N–H and O–H groups in total. The molecular formula is C72H118O6. The number of unbranched alkanes of at least 4 members (excludes halogenated alkanes) is 25. The largest absolute Gasteiger partial charge is 0.462 e. The van der Waals surface area contributed by atoms with Crippen molar-refractivity contribution in [3.63, 3.8) is 0 Å². The van der Waals surface area contributed by atoms with Crippen LogP contribution in [0.2, 0.25) is 0 Å². The highest BCUT2D eigenvalue weighted by Gasteiger charge is 2.19. The molecule has 0 saturated heterocycles. The van der Waals surface area contributed by atoms with Gasteiger partial charge in [-0.3, -0.25) is 14.4 Å². The molecular weight excluding hydrogens is 961 g/mol. The summed E-state index contributed by atoms with van der Waals surface area (Å²) in [4.78, 5) is 38.1. The van der Waals surface area contributed by atoms with Crippen molar-refractivity contribution in [3.05, 3.63) is 134 Å². The van der Waals surface area contributed by atoms with Gasteiger partial charge in [0.2, 0.25) is 0 Å². The number of ether oxygens (including phenoxy) is 3. The maximum absolute atomic E-state index is 12.8. The number of esters is 3. The molecule has 0 amide bonds. The SMILES string of the molecule is CC/C=C\C/C=C\C/C=C\C/C=C\C/C=C\C/C=C\CCCCCCCCCCCCCCCCCCC(=O)OCC(COC(=O)CCCCCCCCCCCC)OC(=O)C/C=C\C/C=C\C/C=C\C/C=C\C/C=C\CC. The van der Waals surface area contributed by atoms with E-state index in [0.29, 0.717) is 12.8 Å². The second-order valence-electron chi connectivity index (χ2n) is 20.9. The second-order valence-corrected chi connectivity index (χ2v) is 20.9. The van der Waals surface area contributed by atoms with Crippen LogP contribution in [0.4, 0.5) is 0 Å². The van der Waals surface area contributed by atoms with Crippen LogP contribution in [0.1, 0.15) is 284 Å². The van der Waals surface area contributed by atoms with Gasteiger partial charge in [-0.15, -0.1) is 0 Å². The first-order valence-electron chi connectivity index (χ1n) is 32.2. The van der Waals surface area contributed by atoms with Crippen molar-refractivity contribution in [2.24, 2.45) is 0 Å². The van der Waals surface area contributed by atoms with E-state index in [9.17, 15) is 14.4 Å². The third-order valence-electron chi connectivity index (χ3n) is 13.4. The summed E-state index contributed by atoms with van der Waals surface area (Å²) in [5.41, 5.74) is 0. The summed E-state index contributed by atoms with van der Waals surface area (Å²) in [5.74, 6) is -1.05. The summed E-state index contributed by atoms with van der Waals surface area (Å²) in [6.07, 6.45) is 92.2. The second kappa shape index (κ2) is 65.1. The van der Waals surface area contributed by atoms with Crippen molar-refractivity contribution in [2.75, 3.05) is 13.2 Å². The summed E-state index contributed by atoms with van der Waals surface area (Å²) in [5, 5.41) is 0. The number of hydrogen-bond donors (Lipinski definition) is 0. The van der Waals surface area contributed by atoms with Crippen LogP contribution in [0.3, 0.4) is 0 Å². The van der Waals surface area contributed by atoms with Crippen LogP contribution in [-0.2, 0) is 28.6 Å². The molecule has 1 atom stereocenters. The molecule has 0 rings (SSSR count). The van der Waals surface area contributed by atoms with E-state index in [-0.39, 0.29) is 31.6 Å². The van der Waals surface area contributed by atoms with Gasteiger partial charge in [0.05, 0.1) is 6.42 Å². The molecule has 0 radical (unpaired) electrons. The van der Waals surface area contributed by atoms with Crippen LogP contribution in [0, 0.1) is 0 Å². The average Bonchev–Trinajstić information content (AvgIpc) is 3.44. The molecule has 0 aliphatic heterocycles.